The number of carbonyl (C=O) groups is 3. The van der Waals surface area contributed by atoms with Crippen molar-refractivity contribution < 1.29 is 14.4 Å². The molecule has 0 aliphatic heterocycles. The summed E-state index contributed by atoms with van der Waals surface area (Å²) >= 11 is 0. The number of carbonyl (C=O) groups excluding carboxylic acids is 3. The Balaban J connectivity index is 1.73. The van der Waals surface area contributed by atoms with Crippen molar-refractivity contribution in [2.24, 2.45) is 0 Å². The second-order valence-corrected chi connectivity index (χ2v) is 7.77. The van der Waals surface area contributed by atoms with E-state index >= 15 is 0 Å². The van der Waals surface area contributed by atoms with Gasteiger partial charge in [0.2, 0.25) is 0 Å². The zero-order valence-corrected chi connectivity index (χ0v) is 18.6. The molecule has 0 radical (unpaired) electrons. The molecule has 0 aliphatic carbocycles. The molecule has 160 valence electrons. The van der Waals surface area contributed by atoms with Crippen LogP contribution in [0.3, 0.4) is 0 Å². The summed E-state index contributed by atoms with van der Waals surface area (Å²) in [6.45, 7) is 4.71. The Kier molecular flexibility index (Phi) is 7.45. The molecule has 3 rings (SSSR count). The van der Waals surface area contributed by atoms with Crippen molar-refractivity contribution in [3.63, 3.8) is 0 Å². The summed E-state index contributed by atoms with van der Waals surface area (Å²) in [5.74, 6) is -0.0973. The Morgan fingerprint density at radius 2 is 1.19 bits per heavy atom. The van der Waals surface area contributed by atoms with Crippen LogP contribution >= 0.6 is 0 Å². The highest BCUT2D eigenvalue weighted by Gasteiger charge is 2.09. The molecule has 0 saturated heterocycles. The van der Waals surface area contributed by atoms with Gasteiger partial charge in [-0.15, -0.1) is 0 Å². The lowest BCUT2D eigenvalue weighted by Gasteiger charge is -2.06. The molecule has 3 nitrogen and oxygen atoms in total. The van der Waals surface area contributed by atoms with Gasteiger partial charge in [-0.3, -0.25) is 14.4 Å². The first kappa shape index (κ1) is 22.8. The van der Waals surface area contributed by atoms with Crippen LogP contribution in [0.15, 0.2) is 102 Å². The molecule has 3 aromatic rings. The van der Waals surface area contributed by atoms with Crippen LogP contribution in [0, 0.1) is 0 Å². The quantitative estimate of drug-likeness (QED) is 0.247. The van der Waals surface area contributed by atoms with E-state index in [1.54, 1.807) is 13.0 Å². The molecular weight excluding hydrogens is 396 g/mol. The minimum atomic E-state index is -0.0626. The molecule has 0 aromatic heterocycles. The highest BCUT2D eigenvalue weighted by Crippen LogP contribution is 2.22. The molecule has 0 bridgehead atoms. The number of hydrogen-bond donors (Lipinski definition) is 0. The van der Waals surface area contributed by atoms with Crippen LogP contribution in [-0.2, 0) is 16.0 Å². The van der Waals surface area contributed by atoms with Crippen LogP contribution in [0.1, 0.15) is 42.3 Å². The summed E-state index contributed by atoms with van der Waals surface area (Å²) in [7, 11) is 0. The largest absolute Gasteiger partial charge is 0.295 e. The van der Waals surface area contributed by atoms with E-state index in [1.165, 1.54) is 13.8 Å². The van der Waals surface area contributed by atoms with E-state index in [0.717, 1.165) is 16.7 Å². The average molecular weight is 423 g/mol. The Morgan fingerprint density at radius 1 is 0.656 bits per heavy atom. The number of hydrogen-bond acceptors (Lipinski definition) is 3. The van der Waals surface area contributed by atoms with Gasteiger partial charge in [-0.25, -0.2) is 0 Å². The average Bonchev–Trinajstić information content (AvgIpc) is 2.82. The van der Waals surface area contributed by atoms with Crippen LogP contribution in [-0.4, -0.2) is 17.3 Å². The van der Waals surface area contributed by atoms with Gasteiger partial charge in [-0.1, -0.05) is 84.9 Å². The van der Waals surface area contributed by atoms with Gasteiger partial charge >= 0.3 is 0 Å². The van der Waals surface area contributed by atoms with Gasteiger partial charge < -0.3 is 0 Å². The Bertz CT molecular complexity index is 1180. The zero-order valence-electron chi connectivity index (χ0n) is 18.6. The van der Waals surface area contributed by atoms with Crippen LogP contribution < -0.4 is 0 Å². The van der Waals surface area contributed by atoms with Gasteiger partial charge in [0.25, 0.3) is 0 Å². The monoisotopic (exact) mass is 422 g/mol. The van der Waals surface area contributed by atoms with E-state index in [1.807, 2.05) is 84.9 Å². The number of rotatable bonds is 8. The number of allylic oxidation sites excluding steroid dienone is 4. The molecule has 0 fully saturated rings. The molecule has 3 heteroatoms. The van der Waals surface area contributed by atoms with Crippen molar-refractivity contribution in [1.82, 2.24) is 0 Å². The molecule has 32 heavy (non-hydrogen) atoms. The van der Waals surface area contributed by atoms with Gasteiger partial charge in [-0.05, 0) is 55.5 Å². The van der Waals surface area contributed by atoms with Crippen molar-refractivity contribution in [2.45, 2.75) is 27.2 Å². The van der Waals surface area contributed by atoms with Crippen molar-refractivity contribution in [1.29, 1.82) is 0 Å². The SMILES string of the molecule is CC(=O)C(C)=CC(=CCc1ccc(-c2ccc(C(=O)c3ccccc3)cc2)cc1)C(C)=O. The van der Waals surface area contributed by atoms with Gasteiger partial charge in [-0.2, -0.15) is 0 Å². The maximum absolute atomic E-state index is 12.6. The van der Waals surface area contributed by atoms with Crippen molar-refractivity contribution in [3.8, 4) is 11.1 Å². The summed E-state index contributed by atoms with van der Waals surface area (Å²) in [5.41, 5.74) is 5.59. The summed E-state index contributed by atoms with van der Waals surface area (Å²) < 4.78 is 0. The number of ketones is 3. The molecule has 0 N–H and O–H groups in total. The smallest absolute Gasteiger partial charge is 0.193 e. The minimum Gasteiger partial charge on any atom is -0.295 e. The third-order valence-electron chi connectivity index (χ3n) is 5.36. The maximum atomic E-state index is 12.6. The first-order valence-electron chi connectivity index (χ1n) is 10.5. The minimum absolute atomic E-state index is 0.00891. The number of Topliss-reactive ketones (excluding diaryl/α,β-unsaturated/α-hetero) is 2. The highest BCUT2D eigenvalue weighted by molar-refractivity contribution is 6.09. The van der Waals surface area contributed by atoms with E-state index in [0.29, 0.717) is 28.7 Å². The second kappa shape index (κ2) is 10.5. The predicted octanol–water partition coefficient (Wildman–Crippen LogP) is 6.18. The predicted molar refractivity (Wildman–Crippen MR) is 129 cm³/mol. The fraction of sp³-hybridized carbons (Fsp3) is 0.138. The molecule has 3 aromatic carbocycles. The standard InChI is InChI=1S/C29H26O3/c1-20(21(2)30)19-28(22(3)31)14-11-23-9-12-24(13-10-23)25-15-17-27(18-16-25)29(32)26-7-5-4-6-8-26/h4-10,12-19H,11H2,1-3H3. The Hall–Kier alpha value is -3.85. The molecule has 0 aliphatic rings. The van der Waals surface area contributed by atoms with E-state index in [2.05, 4.69) is 0 Å². The lowest BCUT2D eigenvalue weighted by atomic mass is 9.98. The van der Waals surface area contributed by atoms with Crippen LogP contribution in [0.2, 0.25) is 0 Å². The van der Waals surface area contributed by atoms with Crippen LogP contribution in [0.25, 0.3) is 11.1 Å². The van der Waals surface area contributed by atoms with Crippen molar-refractivity contribution >= 4 is 17.3 Å². The topological polar surface area (TPSA) is 51.2 Å². The third-order valence-corrected chi connectivity index (χ3v) is 5.36. The Labute approximate surface area is 189 Å². The summed E-state index contributed by atoms with van der Waals surface area (Å²) in [5, 5.41) is 0. The normalized spacial score (nSPS) is 11.8. The fourth-order valence-electron chi connectivity index (χ4n) is 3.27. The zero-order chi connectivity index (χ0) is 23.1. The highest BCUT2D eigenvalue weighted by atomic mass is 16.1. The summed E-state index contributed by atoms with van der Waals surface area (Å²) in [4.78, 5) is 35.9. The molecule has 0 heterocycles. The van der Waals surface area contributed by atoms with Gasteiger partial charge in [0.1, 0.15) is 0 Å². The van der Waals surface area contributed by atoms with E-state index in [-0.39, 0.29) is 17.3 Å². The molecule has 0 spiro atoms. The maximum Gasteiger partial charge on any atom is 0.193 e. The molecule has 0 saturated carbocycles. The van der Waals surface area contributed by atoms with E-state index in [9.17, 15) is 14.4 Å². The lowest BCUT2D eigenvalue weighted by molar-refractivity contribution is -0.113. The van der Waals surface area contributed by atoms with E-state index < -0.39 is 0 Å². The molecular formula is C29H26O3. The van der Waals surface area contributed by atoms with Gasteiger partial charge in [0, 0.05) is 16.7 Å². The second-order valence-electron chi connectivity index (χ2n) is 7.77. The number of benzene rings is 3. The molecule has 0 atom stereocenters. The molecule has 0 unspecified atom stereocenters. The van der Waals surface area contributed by atoms with Crippen molar-refractivity contribution in [3.05, 3.63) is 119 Å². The first-order chi connectivity index (χ1) is 15.3. The van der Waals surface area contributed by atoms with E-state index in [4.69, 9.17) is 0 Å². The lowest BCUT2D eigenvalue weighted by Crippen LogP contribution is -2.00. The fourth-order valence-corrected chi connectivity index (χ4v) is 3.27. The third kappa shape index (κ3) is 5.86. The van der Waals surface area contributed by atoms with Gasteiger partial charge in [0.15, 0.2) is 17.3 Å². The molecule has 0 amide bonds. The Morgan fingerprint density at radius 3 is 1.72 bits per heavy atom. The van der Waals surface area contributed by atoms with Crippen LogP contribution in [0.5, 0.6) is 0 Å². The summed E-state index contributed by atoms with van der Waals surface area (Å²) in [6.07, 6.45) is 4.10. The van der Waals surface area contributed by atoms with Crippen LogP contribution in [0.4, 0.5) is 0 Å². The first-order valence-corrected chi connectivity index (χ1v) is 10.5. The van der Waals surface area contributed by atoms with Gasteiger partial charge in [0.05, 0.1) is 0 Å². The summed E-state index contributed by atoms with van der Waals surface area (Å²) in [6, 6.07) is 25.0. The van der Waals surface area contributed by atoms with Crippen molar-refractivity contribution in [2.75, 3.05) is 0 Å².